The van der Waals surface area contributed by atoms with Crippen LogP contribution < -0.4 is 16.1 Å². The number of alkyl halides is 3. The van der Waals surface area contributed by atoms with Crippen LogP contribution in [0.15, 0.2) is 21.7 Å². The Morgan fingerprint density at radius 2 is 2.04 bits per heavy atom. The molecule has 1 aromatic carbocycles. The lowest BCUT2D eigenvalue weighted by Gasteiger charge is -2.18. The smallest absolute Gasteiger partial charge is 0.388 e. The molecule has 144 valence electrons. The van der Waals surface area contributed by atoms with E-state index < -0.39 is 39.8 Å². The Kier molecular flexibility index (Phi) is 5.97. The van der Waals surface area contributed by atoms with Gasteiger partial charge in [0.05, 0.1) is 22.6 Å². The minimum atomic E-state index is -4.73. The van der Waals surface area contributed by atoms with Gasteiger partial charge < -0.3 is 10.1 Å². The number of aromatic amines is 1. The van der Waals surface area contributed by atoms with E-state index in [1.165, 1.54) is 0 Å². The fourth-order valence-corrected chi connectivity index (χ4v) is 3.07. The van der Waals surface area contributed by atoms with E-state index in [-0.39, 0.29) is 22.9 Å². The SMILES string of the molecule is C/C=S(\C)Nn1c(=O)[nH]c2cc(C(F)(F)F)c(C(O)CCC)cc2c1=O. The van der Waals surface area contributed by atoms with Crippen LogP contribution in [0, 0.1) is 0 Å². The summed E-state index contributed by atoms with van der Waals surface area (Å²) in [6.07, 6.45) is -3.76. The predicted octanol–water partition coefficient (Wildman–Crippen LogP) is 2.72. The average molecular weight is 391 g/mol. The van der Waals surface area contributed by atoms with Gasteiger partial charge >= 0.3 is 11.9 Å². The number of halogens is 3. The van der Waals surface area contributed by atoms with Gasteiger partial charge in [-0.3, -0.25) is 9.63 Å². The Morgan fingerprint density at radius 3 is 2.58 bits per heavy atom. The minimum absolute atomic E-state index is 0.108. The van der Waals surface area contributed by atoms with E-state index in [1.807, 2.05) is 0 Å². The standard InChI is InChI=1S/C16H20F3N3O3S/c1-4-6-13(23)9-7-10-12(8-11(9)16(17,18)19)20-15(25)22(14(10)24)21-26(3)5-2/h5,7-8,13,21,23H,4,6H2,1-3H3,(H,20,25). The summed E-state index contributed by atoms with van der Waals surface area (Å²) in [4.78, 5) is 29.7. The van der Waals surface area contributed by atoms with E-state index in [9.17, 15) is 27.9 Å². The van der Waals surface area contributed by atoms with Gasteiger partial charge in [-0.25, -0.2) is 4.79 Å². The zero-order valence-corrected chi connectivity index (χ0v) is 15.3. The highest BCUT2D eigenvalue weighted by atomic mass is 32.2. The topological polar surface area (TPSA) is 87.1 Å². The minimum Gasteiger partial charge on any atom is -0.388 e. The van der Waals surface area contributed by atoms with Crippen LogP contribution in [0.4, 0.5) is 13.2 Å². The van der Waals surface area contributed by atoms with Crippen molar-refractivity contribution in [1.29, 1.82) is 0 Å². The predicted molar refractivity (Wildman–Crippen MR) is 98.3 cm³/mol. The zero-order chi connectivity index (χ0) is 19.6. The number of hydrogen-bond acceptors (Lipinski definition) is 4. The first kappa shape index (κ1) is 20.2. The van der Waals surface area contributed by atoms with Gasteiger partial charge in [0, 0.05) is 0 Å². The van der Waals surface area contributed by atoms with E-state index in [1.54, 1.807) is 25.5 Å². The van der Waals surface area contributed by atoms with Gasteiger partial charge in [0.1, 0.15) is 0 Å². The van der Waals surface area contributed by atoms with Crippen molar-refractivity contribution in [3.63, 3.8) is 0 Å². The van der Waals surface area contributed by atoms with Crippen molar-refractivity contribution < 1.29 is 18.3 Å². The normalized spacial score (nSPS) is 14.6. The molecule has 2 aromatic rings. The van der Waals surface area contributed by atoms with Crippen LogP contribution in [0.3, 0.4) is 0 Å². The number of hydrogen-bond donors (Lipinski definition) is 3. The third kappa shape index (κ3) is 4.01. The molecule has 0 fully saturated rings. The second kappa shape index (κ2) is 7.67. The lowest BCUT2D eigenvalue weighted by atomic mass is 9.97. The van der Waals surface area contributed by atoms with Crippen molar-refractivity contribution in [3.8, 4) is 0 Å². The van der Waals surface area contributed by atoms with Gasteiger partial charge in [0.15, 0.2) is 0 Å². The lowest BCUT2D eigenvalue weighted by molar-refractivity contribution is -0.139. The summed E-state index contributed by atoms with van der Waals surface area (Å²) in [5.74, 6) is 0. The summed E-state index contributed by atoms with van der Waals surface area (Å²) < 4.78 is 40.9. The Hall–Kier alpha value is -2.07. The molecule has 3 N–H and O–H groups in total. The molecule has 0 bridgehead atoms. The maximum atomic E-state index is 13.4. The fourth-order valence-electron chi connectivity index (χ4n) is 2.51. The summed E-state index contributed by atoms with van der Waals surface area (Å²) in [6.45, 7) is 3.47. The number of rotatable bonds is 5. The Labute approximate surface area is 149 Å². The summed E-state index contributed by atoms with van der Waals surface area (Å²) in [7, 11) is -0.588. The molecule has 0 saturated heterocycles. The number of nitrogens with zero attached hydrogens (tertiary/aromatic N) is 1. The molecular weight excluding hydrogens is 371 g/mol. The molecule has 2 rings (SSSR count). The van der Waals surface area contributed by atoms with Gasteiger partial charge in [-0.15, -0.1) is 0 Å². The van der Waals surface area contributed by atoms with E-state index in [0.29, 0.717) is 12.5 Å². The van der Waals surface area contributed by atoms with E-state index >= 15 is 0 Å². The van der Waals surface area contributed by atoms with Crippen LogP contribution >= 0.6 is 10.7 Å². The van der Waals surface area contributed by atoms with E-state index in [0.717, 1.165) is 10.7 Å². The van der Waals surface area contributed by atoms with Crippen molar-refractivity contribution >= 4 is 26.9 Å². The van der Waals surface area contributed by atoms with E-state index in [2.05, 4.69) is 9.82 Å². The first-order chi connectivity index (χ1) is 12.1. The second-order valence-electron chi connectivity index (χ2n) is 5.74. The molecule has 0 aliphatic rings. The molecule has 2 atom stereocenters. The average Bonchev–Trinajstić information content (AvgIpc) is 2.56. The first-order valence-corrected chi connectivity index (χ1v) is 9.58. The maximum Gasteiger partial charge on any atom is 0.416 e. The molecule has 0 spiro atoms. The van der Waals surface area contributed by atoms with Crippen LogP contribution in [0.5, 0.6) is 0 Å². The molecule has 2 unspecified atom stereocenters. The maximum absolute atomic E-state index is 13.4. The Balaban J connectivity index is 2.82. The van der Waals surface area contributed by atoms with Gasteiger partial charge in [-0.1, -0.05) is 24.0 Å². The lowest BCUT2D eigenvalue weighted by Crippen LogP contribution is -2.39. The number of aliphatic hydroxyl groups excluding tert-OH is 1. The molecule has 0 saturated carbocycles. The fraction of sp³-hybridized carbons (Fsp3) is 0.438. The molecule has 0 radical (unpaired) electrons. The molecule has 0 aliphatic heterocycles. The Morgan fingerprint density at radius 1 is 1.38 bits per heavy atom. The van der Waals surface area contributed by atoms with E-state index in [4.69, 9.17) is 0 Å². The molecule has 1 heterocycles. The molecule has 0 amide bonds. The van der Waals surface area contributed by atoms with Crippen LogP contribution in [0.1, 0.15) is 43.9 Å². The monoisotopic (exact) mass is 391 g/mol. The molecule has 1 aromatic heterocycles. The van der Waals surface area contributed by atoms with Gasteiger partial charge in [0.2, 0.25) is 0 Å². The van der Waals surface area contributed by atoms with Crippen LogP contribution in [0.2, 0.25) is 0 Å². The van der Waals surface area contributed by atoms with Crippen molar-refractivity contribution in [2.45, 2.75) is 39.0 Å². The number of aliphatic hydroxyl groups is 1. The van der Waals surface area contributed by atoms with Crippen molar-refractivity contribution in [2.75, 3.05) is 11.1 Å². The van der Waals surface area contributed by atoms with Crippen LogP contribution in [0.25, 0.3) is 10.9 Å². The summed E-state index contributed by atoms with van der Waals surface area (Å²) in [5.41, 5.74) is -3.31. The number of nitrogens with one attached hydrogen (secondary N) is 2. The third-order valence-electron chi connectivity index (χ3n) is 3.88. The van der Waals surface area contributed by atoms with Crippen LogP contribution in [-0.4, -0.2) is 26.4 Å². The highest BCUT2D eigenvalue weighted by molar-refractivity contribution is 8.15. The number of aromatic nitrogens is 2. The molecule has 6 nitrogen and oxygen atoms in total. The van der Waals surface area contributed by atoms with Gasteiger partial charge in [-0.05, 0) is 42.7 Å². The van der Waals surface area contributed by atoms with Crippen molar-refractivity contribution in [2.24, 2.45) is 0 Å². The molecule has 26 heavy (non-hydrogen) atoms. The second-order valence-corrected chi connectivity index (χ2v) is 7.51. The molecule has 10 heteroatoms. The highest BCUT2D eigenvalue weighted by Gasteiger charge is 2.35. The molecule has 0 aliphatic carbocycles. The van der Waals surface area contributed by atoms with Crippen LogP contribution in [-0.2, 0) is 6.18 Å². The summed E-state index contributed by atoms with van der Waals surface area (Å²) >= 11 is 0. The van der Waals surface area contributed by atoms with Crippen molar-refractivity contribution in [1.82, 2.24) is 9.66 Å². The number of fused-ring (bicyclic) bond motifs is 1. The molecular formula is C16H20F3N3O3S. The zero-order valence-electron chi connectivity index (χ0n) is 14.5. The first-order valence-electron chi connectivity index (χ1n) is 7.89. The van der Waals surface area contributed by atoms with Gasteiger partial charge in [-0.2, -0.15) is 17.8 Å². The van der Waals surface area contributed by atoms with Crippen molar-refractivity contribution in [3.05, 3.63) is 44.1 Å². The quantitative estimate of drug-likeness (QED) is 0.684. The summed E-state index contributed by atoms with van der Waals surface area (Å²) in [5, 5.41) is 11.7. The van der Waals surface area contributed by atoms with Gasteiger partial charge in [0.25, 0.3) is 5.56 Å². The Bertz CT molecular complexity index is 963. The number of benzene rings is 1. The third-order valence-corrected chi connectivity index (χ3v) is 5.06. The summed E-state index contributed by atoms with van der Waals surface area (Å²) in [6, 6.07) is 1.72. The largest absolute Gasteiger partial charge is 0.416 e. The highest BCUT2D eigenvalue weighted by Crippen LogP contribution is 2.37. The number of H-pyrrole nitrogens is 1.